The van der Waals surface area contributed by atoms with Gasteiger partial charge in [0.15, 0.2) is 5.82 Å². The largest absolute Gasteiger partial charge is 0.310 e. The monoisotopic (exact) mass is 398 g/mol. The Kier molecular flexibility index (Phi) is 3.97. The standard InChI is InChI=1S/C14H16Br2N4/c1-8-13(16)9(2)20(19-8)14-10(5-11(15)7-18-14)6-17-12-3-4-12/h5,7,12,17H,3-4,6H2,1-2H3. The fourth-order valence-electron chi connectivity index (χ4n) is 2.17. The molecule has 6 heteroatoms. The molecule has 0 amide bonds. The molecular formula is C14H16Br2N4. The fraction of sp³-hybridized carbons (Fsp3) is 0.429. The summed E-state index contributed by atoms with van der Waals surface area (Å²) in [5.74, 6) is 0.896. The Morgan fingerprint density at radius 1 is 1.35 bits per heavy atom. The van der Waals surface area contributed by atoms with Crippen molar-refractivity contribution >= 4 is 31.9 Å². The molecule has 1 saturated carbocycles. The van der Waals surface area contributed by atoms with E-state index in [1.807, 2.05) is 24.7 Å². The number of pyridine rings is 1. The topological polar surface area (TPSA) is 42.7 Å². The maximum absolute atomic E-state index is 4.58. The van der Waals surface area contributed by atoms with Gasteiger partial charge >= 0.3 is 0 Å². The van der Waals surface area contributed by atoms with Gasteiger partial charge in [0.05, 0.1) is 15.9 Å². The highest BCUT2D eigenvalue weighted by atomic mass is 79.9. The molecule has 1 N–H and O–H groups in total. The molecule has 106 valence electrons. The van der Waals surface area contributed by atoms with Crippen molar-refractivity contribution in [3.05, 3.63) is 38.2 Å². The summed E-state index contributed by atoms with van der Waals surface area (Å²) in [5, 5.41) is 8.11. The molecule has 2 aromatic heterocycles. The second-order valence-corrected chi connectivity index (χ2v) is 6.90. The van der Waals surface area contributed by atoms with Crippen molar-refractivity contribution < 1.29 is 0 Å². The number of hydrogen-bond donors (Lipinski definition) is 1. The van der Waals surface area contributed by atoms with E-state index in [9.17, 15) is 0 Å². The van der Waals surface area contributed by atoms with Crippen LogP contribution in [-0.4, -0.2) is 20.8 Å². The van der Waals surface area contributed by atoms with E-state index in [-0.39, 0.29) is 0 Å². The smallest absolute Gasteiger partial charge is 0.158 e. The zero-order valence-electron chi connectivity index (χ0n) is 11.5. The van der Waals surface area contributed by atoms with Crippen LogP contribution in [-0.2, 0) is 6.54 Å². The Balaban J connectivity index is 2.00. The van der Waals surface area contributed by atoms with Gasteiger partial charge in [-0.05, 0) is 64.6 Å². The van der Waals surface area contributed by atoms with Crippen molar-refractivity contribution in [2.45, 2.75) is 39.3 Å². The lowest BCUT2D eigenvalue weighted by Gasteiger charge is -2.11. The minimum absolute atomic E-state index is 0.675. The van der Waals surface area contributed by atoms with Gasteiger partial charge in [0.1, 0.15) is 0 Å². The molecule has 0 atom stereocenters. The number of nitrogens with one attached hydrogen (secondary N) is 1. The molecular weight excluding hydrogens is 384 g/mol. The maximum atomic E-state index is 4.58. The van der Waals surface area contributed by atoms with E-state index in [4.69, 9.17) is 0 Å². The summed E-state index contributed by atoms with van der Waals surface area (Å²) in [4.78, 5) is 4.55. The predicted octanol–water partition coefficient (Wildman–Crippen LogP) is 3.66. The normalized spacial score (nSPS) is 14.8. The number of halogens is 2. The molecule has 0 spiro atoms. The molecule has 0 saturated heterocycles. The number of aromatic nitrogens is 3. The lowest BCUT2D eigenvalue weighted by molar-refractivity contribution is 0.673. The second-order valence-electron chi connectivity index (χ2n) is 5.19. The third kappa shape index (κ3) is 2.82. The molecule has 1 aliphatic carbocycles. The number of rotatable bonds is 4. The lowest BCUT2D eigenvalue weighted by Crippen LogP contribution is -2.18. The highest BCUT2D eigenvalue weighted by Gasteiger charge is 2.21. The summed E-state index contributed by atoms with van der Waals surface area (Å²) in [5.41, 5.74) is 3.21. The fourth-order valence-corrected chi connectivity index (χ4v) is 2.79. The second kappa shape index (κ2) is 5.58. The van der Waals surface area contributed by atoms with Crippen molar-refractivity contribution in [3.8, 4) is 5.82 Å². The van der Waals surface area contributed by atoms with Gasteiger partial charge < -0.3 is 5.32 Å². The van der Waals surface area contributed by atoms with Crippen LogP contribution in [0, 0.1) is 13.8 Å². The van der Waals surface area contributed by atoms with Crippen LogP contribution in [0.1, 0.15) is 29.8 Å². The summed E-state index contributed by atoms with van der Waals surface area (Å²) in [6, 6.07) is 2.79. The molecule has 1 fully saturated rings. The van der Waals surface area contributed by atoms with Crippen LogP contribution in [0.15, 0.2) is 21.2 Å². The van der Waals surface area contributed by atoms with Crippen molar-refractivity contribution in [1.82, 2.24) is 20.1 Å². The van der Waals surface area contributed by atoms with Crippen LogP contribution in [0.3, 0.4) is 0 Å². The van der Waals surface area contributed by atoms with Crippen molar-refractivity contribution in [2.24, 2.45) is 0 Å². The van der Waals surface area contributed by atoms with Crippen molar-refractivity contribution in [2.75, 3.05) is 0 Å². The third-order valence-corrected chi connectivity index (χ3v) is 5.05. The zero-order chi connectivity index (χ0) is 14.3. The molecule has 2 heterocycles. The van der Waals surface area contributed by atoms with Crippen LogP contribution in [0.25, 0.3) is 5.82 Å². The first-order chi connectivity index (χ1) is 9.56. The average molecular weight is 400 g/mol. The van der Waals surface area contributed by atoms with E-state index in [0.29, 0.717) is 6.04 Å². The van der Waals surface area contributed by atoms with Gasteiger partial charge in [0, 0.05) is 28.8 Å². The van der Waals surface area contributed by atoms with Gasteiger partial charge in [-0.25, -0.2) is 9.67 Å². The Labute approximate surface area is 135 Å². The van der Waals surface area contributed by atoms with E-state index in [1.54, 1.807) is 0 Å². The number of hydrogen-bond acceptors (Lipinski definition) is 3. The Bertz CT molecular complexity index is 647. The number of nitrogens with zero attached hydrogens (tertiary/aromatic N) is 3. The van der Waals surface area contributed by atoms with Crippen LogP contribution in [0.5, 0.6) is 0 Å². The van der Waals surface area contributed by atoms with Gasteiger partial charge in [-0.3, -0.25) is 0 Å². The van der Waals surface area contributed by atoms with Crippen molar-refractivity contribution in [1.29, 1.82) is 0 Å². The first-order valence-corrected chi connectivity index (χ1v) is 8.24. The molecule has 3 rings (SSSR count). The Morgan fingerprint density at radius 2 is 2.10 bits per heavy atom. The molecule has 0 aromatic carbocycles. The van der Waals surface area contributed by atoms with Crippen LogP contribution < -0.4 is 5.32 Å². The highest BCUT2D eigenvalue weighted by molar-refractivity contribution is 9.10. The van der Waals surface area contributed by atoms with Crippen molar-refractivity contribution in [3.63, 3.8) is 0 Å². The van der Waals surface area contributed by atoms with Gasteiger partial charge in [0.25, 0.3) is 0 Å². The van der Waals surface area contributed by atoms with E-state index >= 15 is 0 Å². The van der Waals surface area contributed by atoms with Crippen LogP contribution in [0.4, 0.5) is 0 Å². The number of aryl methyl sites for hydroxylation is 1. The zero-order valence-corrected chi connectivity index (χ0v) is 14.6. The Morgan fingerprint density at radius 3 is 2.70 bits per heavy atom. The van der Waals surface area contributed by atoms with E-state index in [1.165, 1.54) is 12.8 Å². The van der Waals surface area contributed by atoms with Crippen LogP contribution >= 0.6 is 31.9 Å². The quantitative estimate of drug-likeness (QED) is 0.852. The highest BCUT2D eigenvalue weighted by Crippen LogP contribution is 2.26. The summed E-state index contributed by atoms with van der Waals surface area (Å²) in [6.07, 6.45) is 4.38. The molecule has 20 heavy (non-hydrogen) atoms. The predicted molar refractivity (Wildman–Crippen MR) is 86.1 cm³/mol. The molecule has 4 nitrogen and oxygen atoms in total. The molecule has 0 bridgehead atoms. The van der Waals surface area contributed by atoms with Crippen LogP contribution in [0.2, 0.25) is 0 Å². The molecule has 2 aromatic rings. The van der Waals surface area contributed by atoms with Gasteiger partial charge in [-0.2, -0.15) is 5.10 Å². The average Bonchev–Trinajstić information content (AvgIpc) is 3.21. The molecule has 0 unspecified atom stereocenters. The minimum atomic E-state index is 0.675. The minimum Gasteiger partial charge on any atom is -0.310 e. The van der Waals surface area contributed by atoms with E-state index in [2.05, 4.69) is 53.3 Å². The van der Waals surface area contributed by atoms with Gasteiger partial charge in [-0.1, -0.05) is 0 Å². The summed E-state index contributed by atoms with van der Waals surface area (Å²) in [7, 11) is 0. The van der Waals surface area contributed by atoms with E-state index < -0.39 is 0 Å². The lowest BCUT2D eigenvalue weighted by atomic mass is 10.2. The molecule has 0 aliphatic heterocycles. The summed E-state index contributed by atoms with van der Waals surface area (Å²) in [6.45, 7) is 4.86. The maximum Gasteiger partial charge on any atom is 0.158 e. The SMILES string of the molecule is Cc1nn(-c2ncc(Br)cc2CNC2CC2)c(C)c1Br. The molecule has 1 aliphatic rings. The van der Waals surface area contributed by atoms with Gasteiger partial charge in [0.2, 0.25) is 0 Å². The summed E-state index contributed by atoms with van der Waals surface area (Å²) >= 11 is 7.07. The summed E-state index contributed by atoms with van der Waals surface area (Å²) < 4.78 is 3.95. The van der Waals surface area contributed by atoms with Gasteiger partial charge in [-0.15, -0.1) is 0 Å². The first kappa shape index (κ1) is 14.2. The molecule has 0 radical (unpaired) electrons. The Hall–Kier alpha value is -0.720. The van der Waals surface area contributed by atoms with E-state index in [0.717, 1.165) is 38.3 Å². The first-order valence-electron chi connectivity index (χ1n) is 6.66. The third-order valence-electron chi connectivity index (χ3n) is 3.47.